The van der Waals surface area contributed by atoms with Crippen molar-refractivity contribution < 1.29 is 27.5 Å². The number of anilines is 1. The molecule has 2 N–H and O–H groups in total. The van der Waals surface area contributed by atoms with E-state index >= 15 is 0 Å². The molecule has 0 saturated carbocycles. The van der Waals surface area contributed by atoms with Crippen LogP contribution in [0.3, 0.4) is 0 Å². The third-order valence-electron chi connectivity index (χ3n) is 5.08. The molecule has 1 fully saturated rings. The van der Waals surface area contributed by atoms with E-state index < -0.39 is 41.1 Å². The molecular weight excluding hydrogens is 373 g/mol. The van der Waals surface area contributed by atoms with Crippen LogP contribution >= 0.6 is 0 Å². The van der Waals surface area contributed by atoms with E-state index in [9.17, 15) is 22.8 Å². The van der Waals surface area contributed by atoms with Crippen molar-refractivity contribution in [2.45, 2.75) is 31.2 Å². The first-order valence-electron chi connectivity index (χ1n) is 8.74. The van der Waals surface area contributed by atoms with Gasteiger partial charge in [0.25, 0.3) is 0 Å². The van der Waals surface area contributed by atoms with Gasteiger partial charge < -0.3 is 15.4 Å². The largest absolute Gasteiger partial charge is 0.468 e. The number of hydrogen-bond acceptors (Lipinski definition) is 3. The Morgan fingerprint density at radius 2 is 1.96 bits per heavy atom. The van der Waals surface area contributed by atoms with E-state index in [0.717, 1.165) is 17.7 Å². The third kappa shape index (κ3) is 3.19. The second kappa shape index (κ2) is 6.25. The molecule has 4 rings (SSSR count). The normalized spacial score (nSPS) is 25.9. The first kappa shape index (κ1) is 18.3. The lowest BCUT2D eigenvalue weighted by atomic mass is 9.74. The van der Waals surface area contributed by atoms with Crippen LogP contribution in [0.5, 0.6) is 5.75 Å². The Hall–Kier alpha value is -3.03. The van der Waals surface area contributed by atoms with Crippen LogP contribution < -0.4 is 15.4 Å². The minimum absolute atomic E-state index is 0.0127. The van der Waals surface area contributed by atoms with Crippen LogP contribution in [0.4, 0.5) is 18.9 Å². The number of halogens is 3. The number of amides is 2. The average Bonchev–Trinajstić information content (AvgIpc) is 2.60. The van der Waals surface area contributed by atoms with Crippen molar-refractivity contribution in [3.05, 3.63) is 59.7 Å². The van der Waals surface area contributed by atoms with E-state index in [-0.39, 0.29) is 5.69 Å². The summed E-state index contributed by atoms with van der Waals surface area (Å²) < 4.78 is 44.6. The molecule has 8 heteroatoms. The molecule has 0 radical (unpaired) electrons. The number of carbonyl (C=O) groups excluding carboxylic acids is 2. The second-order valence-electron chi connectivity index (χ2n) is 7.22. The molecule has 2 aromatic rings. The molecule has 0 spiro atoms. The van der Waals surface area contributed by atoms with Gasteiger partial charge in [0, 0.05) is 18.0 Å². The van der Waals surface area contributed by atoms with Gasteiger partial charge in [0.05, 0.1) is 5.56 Å². The Morgan fingerprint density at radius 1 is 1.21 bits per heavy atom. The number of piperidine rings is 1. The van der Waals surface area contributed by atoms with Crippen LogP contribution in [0.1, 0.15) is 30.4 Å². The number of ether oxygens (including phenoxy) is 1. The summed E-state index contributed by atoms with van der Waals surface area (Å²) in [5.74, 6) is -2.10. The fourth-order valence-corrected chi connectivity index (χ4v) is 3.88. The molecule has 1 saturated heterocycles. The number of alkyl halides is 3. The zero-order valence-corrected chi connectivity index (χ0v) is 14.8. The lowest BCUT2D eigenvalue weighted by Gasteiger charge is -2.46. The predicted molar refractivity (Wildman–Crippen MR) is 94.5 cm³/mol. The van der Waals surface area contributed by atoms with Gasteiger partial charge in [-0.15, -0.1) is 0 Å². The summed E-state index contributed by atoms with van der Waals surface area (Å²) in [5.41, 5.74) is -1.08. The van der Waals surface area contributed by atoms with Gasteiger partial charge in [0.1, 0.15) is 11.7 Å². The second-order valence-corrected chi connectivity index (χ2v) is 7.22. The topological polar surface area (TPSA) is 67.4 Å². The third-order valence-corrected chi connectivity index (χ3v) is 5.08. The number of hydrogen-bond donors (Lipinski definition) is 2. The molecule has 2 heterocycles. The monoisotopic (exact) mass is 390 g/mol. The van der Waals surface area contributed by atoms with Crippen LogP contribution in [-0.4, -0.2) is 17.5 Å². The van der Waals surface area contributed by atoms with Gasteiger partial charge in [-0.25, -0.2) is 0 Å². The van der Waals surface area contributed by atoms with E-state index in [1.807, 2.05) is 0 Å². The highest BCUT2D eigenvalue weighted by molar-refractivity contribution is 6.08. The summed E-state index contributed by atoms with van der Waals surface area (Å²) in [6.45, 7) is 1.73. The van der Waals surface area contributed by atoms with Gasteiger partial charge in [-0.1, -0.05) is 24.3 Å². The molecule has 3 atom stereocenters. The zero-order valence-electron chi connectivity index (χ0n) is 14.8. The van der Waals surface area contributed by atoms with Crippen molar-refractivity contribution in [2.24, 2.45) is 5.92 Å². The van der Waals surface area contributed by atoms with Crippen molar-refractivity contribution in [1.29, 1.82) is 0 Å². The summed E-state index contributed by atoms with van der Waals surface area (Å²) in [6, 6.07) is 11.5. The molecule has 5 nitrogen and oxygen atoms in total. The molecule has 2 amide bonds. The Kier molecular flexibility index (Phi) is 4.10. The lowest BCUT2D eigenvalue weighted by Crippen LogP contribution is -2.62. The van der Waals surface area contributed by atoms with Crippen molar-refractivity contribution in [3.63, 3.8) is 0 Å². The van der Waals surface area contributed by atoms with Gasteiger partial charge in [-0.05, 0) is 36.8 Å². The van der Waals surface area contributed by atoms with Crippen LogP contribution in [-0.2, 0) is 15.8 Å². The molecular formula is C20H17F3N2O3. The van der Waals surface area contributed by atoms with Crippen LogP contribution in [0, 0.1) is 5.92 Å². The van der Waals surface area contributed by atoms with E-state index in [1.54, 1.807) is 31.2 Å². The number of carbonyl (C=O) groups is 2. The number of rotatable bonds is 2. The molecule has 28 heavy (non-hydrogen) atoms. The van der Waals surface area contributed by atoms with Crippen molar-refractivity contribution in [3.8, 4) is 5.75 Å². The molecule has 146 valence electrons. The first-order chi connectivity index (χ1) is 13.2. The van der Waals surface area contributed by atoms with Crippen LogP contribution in [0.15, 0.2) is 48.5 Å². The first-order valence-corrected chi connectivity index (χ1v) is 8.74. The Labute approximate surface area is 158 Å². The van der Waals surface area contributed by atoms with E-state index in [2.05, 4.69) is 10.6 Å². The van der Waals surface area contributed by atoms with Gasteiger partial charge in [0.2, 0.25) is 11.8 Å². The standard InChI is InChI=1S/C20H17F3N2O3/c1-19-10-14(13-7-2-3-8-15(13)28-19)16(18(27)25-19)17(26)24-12-6-4-5-11(9-12)20(21,22)23/h2-9,14,16H,10H2,1H3,(H,24,26)(H,25,27)/t14-,16+,19+/m0/s1. The maximum Gasteiger partial charge on any atom is 0.416 e. The summed E-state index contributed by atoms with van der Waals surface area (Å²) >= 11 is 0. The highest BCUT2D eigenvalue weighted by Gasteiger charge is 2.51. The predicted octanol–water partition coefficient (Wildman–Crippen LogP) is 3.67. The molecule has 0 unspecified atom stereocenters. The van der Waals surface area contributed by atoms with Crippen LogP contribution in [0.25, 0.3) is 0 Å². The maximum absolute atomic E-state index is 12.9. The molecule has 2 bridgehead atoms. The molecule has 0 aliphatic carbocycles. The van der Waals surface area contributed by atoms with E-state index in [1.165, 1.54) is 12.1 Å². The fourth-order valence-electron chi connectivity index (χ4n) is 3.88. The zero-order chi connectivity index (χ0) is 20.1. The number of benzene rings is 2. The Balaban J connectivity index is 1.64. The van der Waals surface area contributed by atoms with Gasteiger partial charge in [0.15, 0.2) is 5.72 Å². The molecule has 2 aliphatic rings. The summed E-state index contributed by atoms with van der Waals surface area (Å²) in [6.07, 6.45) is -4.14. The summed E-state index contributed by atoms with van der Waals surface area (Å²) in [5, 5.41) is 5.18. The quantitative estimate of drug-likeness (QED) is 0.769. The maximum atomic E-state index is 12.9. The van der Waals surface area contributed by atoms with Crippen molar-refractivity contribution in [2.75, 3.05) is 5.32 Å². The highest BCUT2D eigenvalue weighted by atomic mass is 19.4. The van der Waals surface area contributed by atoms with E-state index in [4.69, 9.17) is 4.74 Å². The van der Waals surface area contributed by atoms with E-state index in [0.29, 0.717) is 12.2 Å². The SMILES string of the molecule is C[C@]12C[C@@H](c3ccccc3O1)[C@H](C(=O)Nc1cccc(C(F)(F)F)c1)C(=O)N2. The number of para-hydroxylation sites is 1. The Bertz CT molecular complexity index is 960. The average molecular weight is 390 g/mol. The van der Waals surface area contributed by atoms with Gasteiger partial charge >= 0.3 is 6.18 Å². The van der Waals surface area contributed by atoms with Gasteiger partial charge in [-0.2, -0.15) is 13.2 Å². The minimum atomic E-state index is -4.52. The minimum Gasteiger partial charge on any atom is -0.468 e. The highest BCUT2D eigenvalue weighted by Crippen LogP contribution is 2.46. The van der Waals surface area contributed by atoms with Crippen molar-refractivity contribution >= 4 is 17.5 Å². The summed E-state index contributed by atoms with van der Waals surface area (Å²) in [4.78, 5) is 25.5. The fraction of sp³-hybridized carbons (Fsp3) is 0.300. The number of fused-ring (bicyclic) bond motifs is 4. The lowest BCUT2D eigenvalue weighted by molar-refractivity contribution is -0.145. The smallest absolute Gasteiger partial charge is 0.416 e. The number of nitrogens with one attached hydrogen (secondary N) is 2. The van der Waals surface area contributed by atoms with Gasteiger partial charge in [-0.3, -0.25) is 9.59 Å². The summed E-state index contributed by atoms with van der Waals surface area (Å²) in [7, 11) is 0. The van der Waals surface area contributed by atoms with Crippen LogP contribution in [0.2, 0.25) is 0 Å². The molecule has 2 aromatic carbocycles. The molecule has 0 aromatic heterocycles. The Morgan fingerprint density at radius 3 is 2.71 bits per heavy atom. The molecule has 2 aliphatic heterocycles. The van der Waals surface area contributed by atoms with Crippen molar-refractivity contribution in [1.82, 2.24) is 5.32 Å².